The quantitative estimate of drug-likeness (QED) is 0.829. The highest BCUT2D eigenvalue weighted by Crippen LogP contribution is 2.26. The molecule has 0 bridgehead atoms. The number of hydrogen-bond donors (Lipinski definition) is 2. The molecule has 2 N–H and O–H groups in total. The number of halogens is 3. The van der Waals surface area contributed by atoms with Crippen LogP contribution in [0.3, 0.4) is 0 Å². The molecule has 0 radical (unpaired) electrons. The van der Waals surface area contributed by atoms with Gasteiger partial charge in [-0.15, -0.1) is 12.4 Å². The number of rotatable bonds is 5. The fourth-order valence-corrected chi connectivity index (χ4v) is 2.89. The average Bonchev–Trinajstić information content (AvgIpc) is 2.95. The van der Waals surface area contributed by atoms with Crippen LogP contribution in [0.4, 0.5) is 14.5 Å². The molecule has 1 atom stereocenters. The number of benzene rings is 1. The van der Waals surface area contributed by atoms with Gasteiger partial charge in [0.2, 0.25) is 5.91 Å². The third kappa shape index (κ3) is 5.80. The predicted molar refractivity (Wildman–Crippen MR) is 92.7 cm³/mol. The minimum Gasteiger partial charge on any atom is -0.493 e. The van der Waals surface area contributed by atoms with Crippen LogP contribution in [0.1, 0.15) is 19.3 Å². The van der Waals surface area contributed by atoms with Gasteiger partial charge in [-0.3, -0.25) is 10.1 Å². The van der Waals surface area contributed by atoms with Gasteiger partial charge in [0.25, 0.3) is 5.92 Å². The van der Waals surface area contributed by atoms with E-state index in [2.05, 4.69) is 10.6 Å². The van der Waals surface area contributed by atoms with Crippen LogP contribution in [-0.4, -0.2) is 44.2 Å². The molecule has 2 fully saturated rings. The Morgan fingerprint density at radius 3 is 2.56 bits per heavy atom. The van der Waals surface area contributed by atoms with Crippen molar-refractivity contribution < 1.29 is 23.0 Å². The summed E-state index contributed by atoms with van der Waals surface area (Å²) in [5.74, 6) is -2.02. The molecule has 0 aromatic heterocycles. The zero-order valence-corrected chi connectivity index (χ0v) is 14.6. The van der Waals surface area contributed by atoms with E-state index in [1.807, 2.05) is 0 Å². The number of carbonyl (C=O) groups excluding carboxylic acids is 1. The summed E-state index contributed by atoms with van der Waals surface area (Å²) in [5.41, 5.74) is 0.565. The summed E-state index contributed by atoms with van der Waals surface area (Å²) in [7, 11) is 0. The number of hydrogen-bond acceptors (Lipinski definition) is 4. The molecule has 0 aliphatic carbocycles. The summed E-state index contributed by atoms with van der Waals surface area (Å²) in [6.45, 7) is 1.76. The van der Waals surface area contributed by atoms with Gasteiger partial charge in [-0.1, -0.05) is 0 Å². The zero-order valence-electron chi connectivity index (χ0n) is 13.8. The van der Waals surface area contributed by atoms with Crippen molar-refractivity contribution in [2.24, 2.45) is 5.92 Å². The fourth-order valence-electron chi connectivity index (χ4n) is 2.89. The lowest BCUT2D eigenvalue weighted by atomic mass is 10.0. The van der Waals surface area contributed by atoms with Crippen molar-refractivity contribution in [1.82, 2.24) is 5.32 Å². The number of ether oxygens (including phenoxy) is 2. The molecule has 1 unspecified atom stereocenters. The number of anilines is 1. The molecule has 1 aromatic carbocycles. The van der Waals surface area contributed by atoms with Crippen molar-refractivity contribution in [2.75, 3.05) is 31.7 Å². The highest BCUT2D eigenvalue weighted by atomic mass is 35.5. The van der Waals surface area contributed by atoms with E-state index in [1.165, 1.54) is 0 Å². The van der Waals surface area contributed by atoms with Gasteiger partial charge in [0.15, 0.2) is 0 Å². The monoisotopic (exact) mass is 376 g/mol. The Hall–Kier alpha value is -1.44. The number of carbonyl (C=O) groups is 1. The fraction of sp³-hybridized carbons (Fsp3) is 0.588. The zero-order chi connectivity index (χ0) is 17.0. The third-order valence-electron chi connectivity index (χ3n) is 4.37. The van der Waals surface area contributed by atoms with Gasteiger partial charge in [0, 0.05) is 25.3 Å². The van der Waals surface area contributed by atoms with Crippen LogP contribution < -0.4 is 15.4 Å². The third-order valence-corrected chi connectivity index (χ3v) is 4.37. The van der Waals surface area contributed by atoms with Gasteiger partial charge in [-0.2, -0.15) is 0 Å². The molecule has 8 heteroatoms. The van der Waals surface area contributed by atoms with Gasteiger partial charge in [0.05, 0.1) is 19.2 Å². The van der Waals surface area contributed by atoms with Crippen LogP contribution in [0.15, 0.2) is 24.3 Å². The van der Waals surface area contributed by atoms with Gasteiger partial charge >= 0.3 is 0 Å². The van der Waals surface area contributed by atoms with Crippen LogP contribution in [0, 0.1) is 5.92 Å². The standard InChI is InChI=1S/C17H22F2N2O3.ClH/c18-17(19)9-15(20-11-17)16(22)21-13-1-3-14(4-2-13)24-10-12-5-7-23-8-6-12;/h1-4,12,15,20H,5-11H2,(H,21,22);1H. The predicted octanol–water partition coefficient (Wildman–Crippen LogP) is 2.85. The summed E-state index contributed by atoms with van der Waals surface area (Å²) < 4.78 is 37.3. The van der Waals surface area contributed by atoms with E-state index in [4.69, 9.17) is 9.47 Å². The molecule has 1 amide bonds. The Bertz CT molecular complexity index is 566. The first-order valence-corrected chi connectivity index (χ1v) is 8.24. The molecular formula is C17H23ClF2N2O3. The molecule has 140 valence electrons. The van der Waals surface area contributed by atoms with E-state index in [0.717, 1.165) is 31.8 Å². The molecule has 3 rings (SSSR count). The normalized spacial score (nSPS) is 22.9. The first kappa shape index (κ1) is 19.9. The van der Waals surface area contributed by atoms with Crippen LogP contribution in [0.25, 0.3) is 0 Å². The highest BCUT2D eigenvalue weighted by Gasteiger charge is 2.42. The van der Waals surface area contributed by atoms with Crippen molar-refractivity contribution in [2.45, 2.75) is 31.2 Å². The summed E-state index contributed by atoms with van der Waals surface area (Å²) in [5, 5.41) is 5.19. The SMILES string of the molecule is Cl.O=C(Nc1ccc(OCC2CCOCC2)cc1)C1CC(F)(F)CN1. The molecule has 2 saturated heterocycles. The van der Waals surface area contributed by atoms with E-state index in [-0.39, 0.29) is 12.4 Å². The molecule has 2 aliphatic heterocycles. The number of nitrogens with one attached hydrogen (secondary N) is 2. The summed E-state index contributed by atoms with van der Waals surface area (Å²) in [4.78, 5) is 12.0. The van der Waals surface area contributed by atoms with Crippen molar-refractivity contribution in [3.05, 3.63) is 24.3 Å². The summed E-state index contributed by atoms with van der Waals surface area (Å²) in [6, 6.07) is 6.11. The molecule has 1 aromatic rings. The second-order valence-electron chi connectivity index (χ2n) is 6.37. The van der Waals surface area contributed by atoms with E-state index in [9.17, 15) is 13.6 Å². The first-order valence-electron chi connectivity index (χ1n) is 8.24. The molecule has 2 aliphatic rings. The number of alkyl halides is 2. The summed E-state index contributed by atoms with van der Waals surface area (Å²) >= 11 is 0. The van der Waals surface area contributed by atoms with Gasteiger partial charge in [-0.25, -0.2) is 8.78 Å². The minimum absolute atomic E-state index is 0. The lowest BCUT2D eigenvalue weighted by Gasteiger charge is -2.22. The Labute approximate surface area is 151 Å². The molecule has 5 nitrogen and oxygen atoms in total. The lowest BCUT2D eigenvalue weighted by molar-refractivity contribution is -0.118. The maximum atomic E-state index is 13.1. The van der Waals surface area contributed by atoms with E-state index in [1.54, 1.807) is 24.3 Å². The van der Waals surface area contributed by atoms with Crippen molar-refractivity contribution in [1.29, 1.82) is 0 Å². The van der Waals surface area contributed by atoms with E-state index >= 15 is 0 Å². The number of amides is 1. The Balaban J connectivity index is 0.00000225. The summed E-state index contributed by atoms with van der Waals surface area (Å²) in [6.07, 6.45) is 1.55. The van der Waals surface area contributed by atoms with E-state index < -0.39 is 30.8 Å². The van der Waals surface area contributed by atoms with Crippen molar-refractivity contribution in [3.63, 3.8) is 0 Å². The van der Waals surface area contributed by atoms with Gasteiger partial charge in [-0.05, 0) is 43.0 Å². The molecule has 0 saturated carbocycles. The van der Waals surface area contributed by atoms with Gasteiger partial charge < -0.3 is 14.8 Å². The smallest absolute Gasteiger partial charge is 0.262 e. The molecule has 0 spiro atoms. The Morgan fingerprint density at radius 2 is 1.96 bits per heavy atom. The van der Waals surface area contributed by atoms with Crippen LogP contribution in [0.2, 0.25) is 0 Å². The second-order valence-corrected chi connectivity index (χ2v) is 6.37. The maximum absolute atomic E-state index is 13.1. The molecule has 25 heavy (non-hydrogen) atoms. The van der Waals surface area contributed by atoms with Crippen LogP contribution >= 0.6 is 12.4 Å². The maximum Gasteiger partial charge on any atom is 0.262 e. The molecular weight excluding hydrogens is 354 g/mol. The minimum atomic E-state index is -2.82. The second kappa shape index (κ2) is 8.78. The van der Waals surface area contributed by atoms with E-state index in [0.29, 0.717) is 18.2 Å². The van der Waals surface area contributed by atoms with Crippen LogP contribution in [0.5, 0.6) is 5.75 Å². The van der Waals surface area contributed by atoms with Gasteiger partial charge in [0.1, 0.15) is 5.75 Å². The highest BCUT2D eigenvalue weighted by molar-refractivity contribution is 5.95. The Kier molecular flexibility index (Phi) is 6.98. The average molecular weight is 377 g/mol. The molecule has 2 heterocycles. The van der Waals surface area contributed by atoms with Crippen LogP contribution in [-0.2, 0) is 9.53 Å². The topological polar surface area (TPSA) is 59.6 Å². The largest absolute Gasteiger partial charge is 0.493 e. The van der Waals surface area contributed by atoms with Crippen molar-refractivity contribution in [3.8, 4) is 5.75 Å². The van der Waals surface area contributed by atoms with Crippen molar-refractivity contribution >= 4 is 24.0 Å². The Morgan fingerprint density at radius 1 is 1.28 bits per heavy atom. The lowest BCUT2D eigenvalue weighted by Crippen LogP contribution is -2.35. The first-order chi connectivity index (χ1) is 11.5.